The van der Waals surface area contributed by atoms with E-state index in [1.54, 1.807) is 0 Å². The summed E-state index contributed by atoms with van der Waals surface area (Å²) in [6.07, 6.45) is 6.44. The number of hydrogen-bond acceptors (Lipinski definition) is 3. The lowest BCUT2D eigenvalue weighted by Crippen LogP contribution is -2.59. The van der Waals surface area contributed by atoms with Crippen molar-refractivity contribution in [1.29, 1.82) is 0 Å². The van der Waals surface area contributed by atoms with Crippen LogP contribution in [0.15, 0.2) is 24.5 Å². The number of pyridine rings is 1. The fourth-order valence-corrected chi connectivity index (χ4v) is 3.19. The summed E-state index contributed by atoms with van der Waals surface area (Å²) in [5, 5.41) is 3.66. The van der Waals surface area contributed by atoms with Gasteiger partial charge in [0.2, 0.25) is 0 Å². The molecule has 2 bridgehead atoms. The van der Waals surface area contributed by atoms with Gasteiger partial charge in [0.25, 0.3) is 0 Å². The summed E-state index contributed by atoms with van der Waals surface area (Å²) in [6.45, 7) is 4.92. The summed E-state index contributed by atoms with van der Waals surface area (Å²) in [4.78, 5) is 6.77. The average molecular weight is 217 g/mol. The maximum Gasteiger partial charge on any atom is 0.0529 e. The molecule has 3 heteroatoms. The summed E-state index contributed by atoms with van der Waals surface area (Å²) in [7, 11) is 0. The predicted octanol–water partition coefficient (Wildman–Crippen LogP) is 1.98. The monoisotopic (exact) mass is 217 g/mol. The second-order valence-corrected chi connectivity index (χ2v) is 5.03. The molecule has 0 saturated carbocycles. The summed E-state index contributed by atoms with van der Waals surface area (Å²) in [5.41, 5.74) is 1.16. The highest BCUT2D eigenvalue weighted by Crippen LogP contribution is 2.33. The second-order valence-electron chi connectivity index (χ2n) is 5.03. The first-order valence-corrected chi connectivity index (χ1v) is 6.25. The Bertz CT molecular complexity index is 341. The molecule has 1 N–H and O–H groups in total. The van der Waals surface area contributed by atoms with Crippen molar-refractivity contribution in [2.45, 2.75) is 31.8 Å². The van der Waals surface area contributed by atoms with Gasteiger partial charge in [-0.25, -0.2) is 0 Å². The second kappa shape index (κ2) is 4.06. The molecular formula is C13H19N3. The fourth-order valence-electron chi connectivity index (χ4n) is 3.19. The van der Waals surface area contributed by atoms with Gasteiger partial charge < -0.3 is 5.32 Å². The Morgan fingerprint density at radius 2 is 2.19 bits per heavy atom. The van der Waals surface area contributed by atoms with Gasteiger partial charge in [-0.3, -0.25) is 9.88 Å². The van der Waals surface area contributed by atoms with Gasteiger partial charge in [-0.15, -0.1) is 0 Å². The normalized spacial score (nSPS) is 37.3. The molecule has 3 aliphatic rings. The summed E-state index contributed by atoms with van der Waals surface area (Å²) in [5.74, 6) is 0.847. The maximum absolute atomic E-state index is 4.16. The summed E-state index contributed by atoms with van der Waals surface area (Å²) >= 11 is 0. The highest BCUT2D eigenvalue weighted by molar-refractivity contribution is 5.41. The SMILES string of the molecule is CC1C(Nc2cccnc2)C2CCN1CC2. The van der Waals surface area contributed by atoms with Crippen molar-refractivity contribution in [3.05, 3.63) is 24.5 Å². The van der Waals surface area contributed by atoms with Crippen LogP contribution in [-0.2, 0) is 0 Å². The molecule has 4 rings (SSSR count). The van der Waals surface area contributed by atoms with E-state index in [9.17, 15) is 0 Å². The van der Waals surface area contributed by atoms with E-state index in [0.29, 0.717) is 12.1 Å². The van der Waals surface area contributed by atoms with Crippen molar-refractivity contribution in [3.8, 4) is 0 Å². The van der Waals surface area contributed by atoms with Crippen LogP contribution in [0.25, 0.3) is 0 Å². The molecule has 16 heavy (non-hydrogen) atoms. The third kappa shape index (κ3) is 1.69. The molecule has 0 spiro atoms. The van der Waals surface area contributed by atoms with Crippen LogP contribution >= 0.6 is 0 Å². The van der Waals surface area contributed by atoms with Crippen molar-refractivity contribution < 1.29 is 0 Å². The molecule has 4 heterocycles. The van der Waals surface area contributed by atoms with Crippen LogP contribution in [0.2, 0.25) is 0 Å². The number of rotatable bonds is 2. The van der Waals surface area contributed by atoms with E-state index in [0.717, 1.165) is 11.6 Å². The van der Waals surface area contributed by atoms with Crippen molar-refractivity contribution in [1.82, 2.24) is 9.88 Å². The predicted molar refractivity (Wildman–Crippen MR) is 65.4 cm³/mol. The molecule has 2 unspecified atom stereocenters. The molecule has 3 fully saturated rings. The number of nitrogens with zero attached hydrogens (tertiary/aromatic N) is 2. The lowest BCUT2D eigenvalue weighted by Gasteiger charge is -2.50. The molecule has 0 radical (unpaired) electrons. The molecule has 0 aromatic carbocycles. The zero-order chi connectivity index (χ0) is 11.0. The molecule has 1 aromatic heterocycles. The number of piperidine rings is 3. The minimum Gasteiger partial charge on any atom is -0.379 e. The minimum absolute atomic E-state index is 0.603. The summed E-state index contributed by atoms with van der Waals surface area (Å²) < 4.78 is 0. The van der Waals surface area contributed by atoms with E-state index in [2.05, 4.69) is 28.2 Å². The van der Waals surface area contributed by atoms with Gasteiger partial charge in [-0.2, -0.15) is 0 Å². The van der Waals surface area contributed by atoms with Crippen LogP contribution in [0, 0.1) is 5.92 Å². The lowest BCUT2D eigenvalue weighted by atomic mass is 9.79. The van der Waals surface area contributed by atoms with Gasteiger partial charge in [0.15, 0.2) is 0 Å². The zero-order valence-corrected chi connectivity index (χ0v) is 9.76. The molecule has 1 aromatic rings. The van der Waals surface area contributed by atoms with Crippen molar-refractivity contribution in [2.75, 3.05) is 18.4 Å². The molecule has 2 atom stereocenters. The number of fused-ring (bicyclic) bond motifs is 3. The molecule has 3 nitrogen and oxygen atoms in total. The number of nitrogens with one attached hydrogen (secondary N) is 1. The van der Waals surface area contributed by atoms with Gasteiger partial charge in [-0.05, 0) is 50.9 Å². The Morgan fingerprint density at radius 3 is 2.81 bits per heavy atom. The van der Waals surface area contributed by atoms with Crippen LogP contribution in [0.3, 0.4) is 0 Å². The van der Waals surface area contributed by atoms with E-state index < -0.39 is 0 Å². The standard InChI is InChI=1S/C13H19N3/c1-10-13(11-4-7-16(10)8-5-11)15-12-3-2-6-14-9-12/h2-3,6,9-11,13,15H,4-5,7-8H2,1H3. The van der Waals surface area contributed by atoms with E-state index in [-0.39, 0.29) is 0 Å². The number of anilines is 1. The Morgan fingerprint density at radius 1 is 1.38 bits per heavy atom. The van der Waals surface area contributed by atoms with Gasteiger partial charge in [-0.1, -0.05) is 0 Å². The molecule has 86 valence electrons. The molecule has 0 amide bonds. The Hall–Kier alpha value is -1.09. The Kier molecular flexibility index (Phi) is 2.56. The van der Waals surface area contributed by atoms with E-state index >= 15 is 0 Å². The van der Waals surface area contributed by atoms with Gasteiger partial charge in [0, 0.05) is 24.5 Å². The van der Waals surface area contributed by atoms with Crippen molar-refractivity contribution in [2.24, 2.45) is 5.92 Å². The zero-order valence-electron chi connectivity index (χ0n) is 9.76. The third-order valence-corrected chi connectivity index (χ3v) is 4.17. The van der Waals surface area contributed by atoms with Crippen LogP contribution in [0.4, 0.5) is 5.69 Å². The molecule has 3 saturated heterocycles. The molecular weight excluding hydrogens is 198 g/mol. The minimum atomic E-state index is 0.603. The van der Waals surface area contributed by atoms with E-state index in [1.165, 1.54) is 25.9 Å². The largest absolute Gasteiger partial charge is 0.379 e. The van der Waals surface area contributed by atoms with Crippen LogP contribution < -0.4 is 5.32 Å². The fraction of sp³-hybridized carbons (Fsp3) is 0.615. The Balaban J connectivity index is 1.75. The first-order chi connectivity index (χ1) is 7.84. The Labute approximate surface area is 96.9 Å². The number of hydrogen-bond donors (Lipinski definition) is 1. The highest BCUT2D eigenvalue weighted by Gasteiger charge is 2.39. The average Bonchev–Trinajstić information content (AvgIpc) is 2.36. The lowest BCUT2D eigenvalue weighted by molar-refractivity contribution is 0.0458. The third-order valence-electron chi connectivity index (χ3n) is 4.17. The topological polar surface area (TPSA) is 28.2 Å². The van der Waals surface area contributed by atoms with Crippen molar-refractivity contribution in [3.63, 3.8) is 0 Å². The number of aromatic nitrogens is 1. The van der Waals surface area contributed by atoms with Gasteiger partial charge >= 0.3 is 0 Å². The van der Waals surface area contributed by atoms with E-state index in [4.69, 9.17) is 0 Å². The van der Waals surface area contributed by atoms with E-state index in [1.807, 2.05) is 18.5 Å². The maximum atomic E-state index is 4.16. The van der Waals surface area contributed by atoms with Crippen LogP contribution in [-0.4, -0.2) is 35.1 Å². The molecule has 3 aliphatic heterocycles. The first-order valence-electron chi connectivity index (χ1n) is 6.25. The molecule has 0 aliphatic carbocycles. The smallest absolute Gasteiger partial charge is 0.0529 e. The quantitative estimate of drug-likeness (QED) is 0.821. The van der Waals surface area contributed by atoms with Gasteiger partial charge in [0.1, 0.15) is 0 Å². The highest BCUT2D eigenvalue weighted by atomic mass is 15.2. The summed E-state index contributed by atoms with van der Waals surface area (Å²) in [6, 6.07) is 5.37. The van der Waals surface area contributed by atoms with Crippen LogP contribution in [0.5, 0.6) is 0 Å². The van der Waals surface area contributed by atoms with Crippen LogP contribution in [0.1, 0.15) is 19.8 Å². The first kappa shape index (κ1) is 10.1. The van der Waals surface area contributed by atoms with Crippen molar-refractivity contribution >= 4 is 5.69 Å². The van der Waals surface area contributed by atoms with Gasteiger partial charge in [0.05, 0.1) is 5.69 Å².